The van der Waals surface area contributed by atoms with E-state index in [1.165, 1.54) is 12.2 Å². The summed E-state index contributed by atoms with van der Waals surface area (Å²) in [5.74, 6) is 4.66. The molecule has 23 heavy (non-hydrogen) atoms. The van der Waals surface area contributed by atoms with E-state index in [-0.39, 0.29) is 6.42 Å². The van der Waals surface area contributed by atoms with Crippen LogP contribution in [0.15, 0.2) is 32.2 Å². The third kappa shape index (κ3) is 14.9. The van der Waals surface area contributed by atoms with Crippen molar-refractivity contribution in [3.05, 3.63) is 32.2 Å². The van der Waals surface area contributed by atoms with E-state index in [2.05, 4.69) is 59.6 Å². The van der Waals surface area contributed by atoms with Crippen LogP contribution in [-0.2, 0) is 4.79 Å². The fraction of sp³-hybridized carbons (Fsp3) is 0.438. The van der Waals surface area contributed by atoms with Crippen molar-refractivity contribution < 1.29 is 20.1 Å². The predicted octanol–water partition coefficient (Wildman–Crippen LogP) is 4.21. The Kier molecular flexibility index (Phi) is 13.8. The molecule has 3 N–H and O–H groups in total. The molecule has 0 spiro atoms. The molecule has 0 unspecified atom stereocenters. The number of carbonyl (C=O) groups is 1. The number of aliphatic hydroxyl groups is 2. The molecular weight excluding hydrogens is 496 g/mol. The van der Waals surface area contributed by atoms with Crippen LogP contribution in [0.3, 0.4) is 0 Å². The largest absolute Gasteiger partial charge is 0.481 e. The minimum absolute atomic E-state index is 0.101. The summed E-state index contributed by atoms with van der Waals surface area (Å²) in [6.45, 7) is 0. The van der Waals surface area contributed by atoms with Gasteiger partial charge in [0.2, 0.25) is 0 Å². The predicted molar refractivity (Wildman–Crippen MR) is 103 cm³/mol. The van der Waals surface area contributed by atoms with Gasteiger partial charge in [-0.05, 0) is 69.4 Å². The maximum atomic E-state index is 10.3. The van der Waals surface area contributed by atoms with Gasteiger partial charge in [0, 0.05) is 17.3 Å². The van der Waals surface area contributed by atoms with Crippen LogP contribution in [-0.4, -0.2) is 33.5 Å². The zero-order valence-corrected chi connectivity index (χ0v) is 17.1. The highest BCUT2D eigenvalue weighted by Crippen LogP contribution is 2.20. The van der Waals surface area contributed by atoms with Gasteiger partial charge in [0.15, 0.2) is 0 Å². The third-order valence-corrected chi connectivity index (χ3v) is 3.62. The molecule has 7 heteroatoms. The van der Waals surface area contributed by atoms with E-state index in [0.717, 1.165) is 7.87 Å². The topological polar surface area (TPSA) is 77.8 Å². The van der Waals surface area contributed by atoms with Crippen molar-refractivity contribution in [2.24, 2.45) is 0 Å². The molecule has 0 rings (SSSR count). The number of aliphatic carboxylic acids is 1. The zero-order chi connectivity index (χ0) is 17.7. The van der Waals surface area contributed by atoms with Crippen molar-refractivity contribution in [1.82, 2.24) is 0 Å². The van der Waals surface area contributed by atoms with E-state index < -0.39 is 18.2 Å². The van der Waals surface area contributed by atoms with Gasteiger partial charge >= 0.3 is 5.97 Å². The molecule has 0 aliphatic heterocycles. The molecule has 0 fully saturated rings. The van der Waals surface area contributed by atoms with Crippen LogP contribution in [0, 0.1) is 11.8 Å². The lowest BCUT2D eigenvalue weighted by molar-refractivity contribution is -0.137. The molecule has 0 radical (unpaired) electrons. The number of aliphatic hydroxyl groups excluding tert-OH is 2. The monoisotopic (exact) mass is 512 g/mol. The standard InChI is InChI=1S/C16H19Br3O4/c17-12(11-15(18)19)7-6-9-14(21)13(20)8-4-2-1-3-5-10-16(22)23/h4,7-8,11,13-14,20-21H,3,5-6,9-10H2,(H,22,23)/b8-4+,12-7+/t13-,14+/m0/s1. The third-order valence-electron chi connectivity index (χ3n) is 2.61. The lowest BCUT2D eigenvalue weighted by Crippen LogP contribution is -2.23. The average Bonchev–Trinajstić information content (AvgIpc) is 2.44. The highest BCUT2D eigenvalue weighted by molar-refractivity contribution is 9.28. The van der Waals surface area contributed by atoms with Crippen LogP contribution < -0.4 is 0 Å². The normalized spacial score (nSPS) is 14.0. The van der Waals surface area contributed by atoms with Gasteiger partial charge in [-0.3, -0.25) is 4.79 Å². The van der Waals surface area contributed by atoms with E-state index >= 15 is 0 Å². The lowest BCUT2D eigenvalue weighted by Gasteiger charge is -2.12. The quantitative estimate of drug-likeness (QED) is 0.245. The van der Waals surface area contributed by atoms with Crippen LogP contribution >= 0.6 is 47.8 Å². The number of carboxylic acids is 1. The minimum atomic E-state index is -0.978. The molecule has 0 aliphatic rings. The molecule has 0 bridgehead atoms. The summed E-state index contributed by atoms with van der Waals surface area (Å²) in [6.07, 6.45) is 6.90. The SMILES string of the molecule is O=C(O)CCCC#C/C=C/[C@H](O)[C@H](O)CC/C=C(/Br)C=C(Br)Br. The zero-order valence-electron chi connectivity index (χ0n) is 12.4. The first-order valence-corrected chi connectivity index (χ1v) is 9.32. The number of unbranched alkanes of at least 4 members (excludes halogenated alkanes) is 1. The smallest absolute Gasteiger partial charge is 0.303 e. The lowest BCUT2D eigenvalue weighted by atomic mass is 10.1. The van der Waals surface area contributed by atoms with E-state index in [9.17, 15) is 15.0 Å². The molecule has 0 saturated carbocycles. The summed E-state index contributed by atoms with van der Waals surface area (Å²) in [4.78, 5) is 10.3. The maximum absolute atomic E-state index is 10.3. The molecule has 0 aromatic heterocycles. The van der Waals surface area contributed by atoms with E-state index in [4.69, 9.17) is 5.11 Å². The summed E-state index contributed by atoms with van der Waals surface area (Å²) in [5.41, 5.74) is 0. The van der Waals surface area contributed by atoms with Gasteiger partial charge in [-0.2, -0.15) is 0 Å². The fourth-order valence-corrected chi connectivity index (χ4v) is 3.03. The van der Waals surface area contributed by atoms with Crippen molar-refractivity contribution in [3.63, 3.8) is 0 Å². The summed E-state index contributed by atoms with van der Waals surface area (Å²) in [5, 5.41) is 28.0. The molecule has 0 heterocycles. The summed E-state index contributed by atoms with van der Waals surface area (Å²) in [7, 11) is 0. The van der Waals surface area contributed by atoms with Gasteiger partial charge in [0.05, 0.1) is 15.6 Å². The molecule has 2 atom stereocenters. The van der Waals surface area contributed by atoms with Gasteiger partial charge in [-0.15, -0.1) is 0 Å². The highest BCUT2D eigenvalue weighted by atomic mass is 79.9. The average molecular weight is 515 g/mol. The molecule has 0 aliphatic carbocycles. The van der Waals surface area contributed by atoms with Crippen molar-refractivity contribution in [2.75, 3.05) is 0 Å². The van der Waals surface area contributed by atoms with E-state index in [1.807, 2.05) is 12.2 Å². The first kappa shape index (κ1) is 22.6. The summed E-state index contributed by atoms with van der Waals surface area (Å²) >= 11 is 9.84. The molecule has 0 aromatic rings. The highest BCUT2D eigenvalue weighted by Gasteiger charge is 2.11. The Morgan fingerprint density at radius 3 is 2.52 bits per heavy atom. The van der Waals surface area contributed by atoms with Crippen LogP contribution in [0.5, 0.6) is 0 Å². The van der Waals surface area contributed by atoms with E-state index in [1.54, 1.807) is 0 Å². The minimum Gasteiger partial charge on any atom is -0.481 e. The van der Waals surface area contributed by atoms with E-state index in [0.29, 0.717) is 25.7 Å². The molecule has 0 saturated heterocycles. The van der Waals surface area contributed by atoms with Crippen LogP contribution in [0.25, 0.3) is 0 Å². The van der Waals surface area contributed by atoms with Crippen molar-refractivity contribution in [2.45, 2.75) is 44.3 Å². The van der Waals surface area contributed by atoms with Gasteiger partial charge in [0.25, 0.3) is 0 Å². The Labute approximate surface area is 161 Å². The van der Waals surface area contributed by atoms with Gasteiger partial charge < -0.3 is 15.3 Å². The summed E-state index contributed by atoms with van der Waals surface area (Å²) < 4.78 is 1.67. The molecule has 0 aromatic carbocycles. The second-order valence-corrected chi connectivity index (χ2v) is 8.27. The van der Waals surface area contributed by atoms with Gasteiger partial charge in [-0.1, -0.05) is 33.8 Å². The van der Waals surface area contributed by atoms with Crippen molar-refractivity contribution >= 4 is 53.8 Å². The molecule has 128 valence electrons. The first-order chi connectivity index (χ1) is 10.8. The number of carboxylic acid groups (broad SMARTS) is 1. The first-order valence-electron chi connectivity index (χ1n) is 6.94. The summed E-state index contributed by atoms with van der Waals surface area (Å²) in [6, 6.07) is 0. The number of halogens is 3. The Balaban J connectivity index is 4.08. The Morgan fingerprint density at radius 2 is 1.91 bits per heavy atom. The van der Waals surface area contributed by atoms with Crippen molar-refractivity contribution in [1.29, 1.82) is 0 Å². The molecular formula is C16H19Br3O4. The number of hydrogen-bond donors (Lipinski definition) is 3. The van der Waals surface area contributed by atoms with Gasteiger partial charge in [-0.25, -0.2) is 0 Å². The fourth-order valence-electron chi connectivity index (χ4n) is 1.46. The Morgan fingerprint density at radius 1 is 1.22 bits per heavy atom. The number of allylic oxidation sites excluding steroid dienone is 4. The van der Waals surface area contributed by atoms with Crippen LogP contribution in [0.1, 0.15) is 32.1 Å². The van der Waals surface area contributed by atoms with Crippen molar-refractivity contribution in [3.8, 4) is 11.8 Å². The number of rotatable bonds is 9. The molecule has 0 amide bonds. The second-order valence-electron chi connectivity index (χ2n) is 4.59. The number of hydrogen-bond acceptors (Lipinski definition) is 3. The van der Waals surface area contributed by atoms with Crippen LogP contribution in [0.2, 0.25) is 0 Å². The second kappa shape index (κ2) is 14.0. The Bertz CT molecular complexity index is 511. The molecule has 4 nitrogen and oxygen atoms in total. The van der Waals surface area contributed by atoms with Crippen LogP contribution in [0.4, 0.5) is 0 Å². The maximum Gasteiger partial charge on any atom is 0.303 e. The van der Waals surface area contributed by atoms with Gasteiger partial charge in [0.1, 0.15) is 0 Å². The Hall–Kier alpha value is -0.390.